The Kier molecular flexibility index (Phi) is 5.33. The standard InChI is InChI=1S/C14H11BrCl2N2O2/c15-8-4-5-13(9(6-8)14(18)19-20)21-7-10-11(16)2-1-3-12(10)17/h1-6,20H,7H2,(H2,18,19). The summed E-state index contributed by atoms with van der Waals surface area (Å²) < 4.78 is 6.49. The average molecular weight is 390 g/mol. The van der Waals surface area contributed by atoms with E-state index < -0.39 is 0 Å². The van der Waals surface area contributed by atoms with E-state index in [1.54, 1.807) is 36.4 Å². The van der Waals surface area contributed by atoms with Gasteiger partial charge in [0.05, 0.1) is 5.56 Å². The van der Waals surface area contributed by atoms with E-state index >= 15 is 0 Å². The third-order valence-electron chi connectivity index (χ3n) is 2.76. The highest BCUT2D eigenvalue weighted by atomic mass is 79.9. The van der Waals surface area contributed by atoms with E-state index in [0.29, 0.717) is 26.9 Å². The maximum atomic E-state index is 8.83. The lowest BCUT2D eigenvalue weighted by Crippen LogP contribution is -2.15. The molecule has 7 heteroatoms. The second-order valence-corrected chi connectivity index (χ2v) is 5.84. The molecule has 0 heterocycles. The van der Waals surface area contributed by atoms with Crippen molar-refractivity contribution < 1.29 is 9.94 Å². The van der Waals surface area contributed by atoms with Gasteiger partial charge in [0.15, 0.2) is 5.84 Å². The van der Waals surface area contributed by atoms with Crippen molar-refractivity contribution >= 4 is 45.0 Å². The highest BCUT2D eigenvalue weighted by Gasteiger charge is 2.12. The number of hydrogen-bond acceptors (Lipinski definition) is 3. The van der Waals surface area contributed by atoms with E-state index in [1.807, 2.05) is 0 Å². The van der Waals surface area contributed by atoms with Gasteiger partial charge in [-0.15, -0.1) is 0 Å². The lowest BCUT2D eigenvalue weighted by molar-refractivity contribution is 0.303. The summed E-state index contributed by atoms with van der Waals surface area (Å²) in [5.41, 5.74) is 6.78. The predicted octanol–water partition coefficient (Wildman–Crippen LogP) is 4.43. The van der Waals surface area contributed by atoms with Crippen LogP contribution >= 0.6 is 39.1 Å². The molecule has 0 aromatic heterocycles. The fourth-order valence-electron chi connectivity index (χ4n) is 1.70. The van der Waals surface area contributed by atoms with Crippen molar-refractivity contribution in [3.8, 4) is 5.75 Å². The van der Waals surface area contributed by atoms with Gasteiger partial charge in [0, 0.05) is 20.1 Å². The van der Waals surface area contributed by atoms with Crippen molar-refractivity contribution in [2.75, 3.05) is 0 Å². The van der Waals surface area contributed by atoms with Crippen LogP contribution in [-0.2, 0) is 6.61 Å². The van der Waals surface area contributed by atoms with Gasteiger partial charge in [-0.25, -0.2) is 0 Å². The lowest BCUT2D eigenvalue weighted by Gasteiger charge is -2.13. The van der Waals surface area contributed by atoms with Gasteiger partial charge in [0.25, 0.3) is 0 Å². The Hall–Kier alpha value is -1.43. The highest BCUT2D eigenvalue weighted by molar-refractivity contribution is 9.10. The van der Waals surface area contributed by atoms with Crippen molar-refractivity contribution in [3.63, 3.8) is 0 Å². The number of nitrogens with two attached hydrogens (primary N) is 1. The lowest BCUT2D eigenvalue weighted by atomic mass is 10.2. The summed E-state index contributed by atoms with van der Waals surface area (Å²) in [6, 6.07) is 10.4. The summed E-state index contributed by atoms with van der Waals surface area (Å²) in [5.74, 6) is 0.418. The number of hydrogen-bond donors (Lipinski definition) is 2. The zero-order valence-electron chi connectivity index (χ0n) is 10.7. The minimum absolute atomic E-state index is 0.0449. The molecular formula is C14H11BrCl2N2O2. The third-order valence-corrected chi connectivity index (χ3v) is 3.96. The van der Waals surface area contributed by atoms with Gasteiger partial charge >= 0.3 is 0 Å². The first-order valence-corrected chi connectivity index (χ1v) is 7.41. The molecule has 4 nitrogen and oxygen atoms in total. The monoisotopic (exact) mass is 388 g/mol. The minimum atomic E-state index is -0.0449. The predicted molar refractivity (Wildman–Crippen MR) is 87.4 cm³/mol. The number of amidine groups is 1. The Morgan fingerprint density at radius 3 is 2.52 bits per heavy atom. The van der Waals surface area contributed by atoms with Crippen LogP contribution in [0.1, 0.15) is 11.1 Å². The van der Waals surface area contributed by atoms with Crippen molar-refractivity contribution in [1.82, 2.24) is 0 Å². The Bertz CT molecular complexity index is 672. The fourth-order valence-corrected chi connectivity index (χ4v) is 2.57. The van der Waals surface area contributed by atoms with Crippen LogP contribution in [0.2, 0.25) is 10.0 Å². The molecule has 0 fully saturated rings. The van der Waals surface area contributed by atoms with Crippen LogP contribution in [0.5, 0.6) is 5.75 Å². The first kappa shape index (κ1) is 15.9. The molecule has 0 aliphatic rings. The van der Waals surface area contributed by atoms with Crippen LogP contribution in [0.4, 0.5) is 0 Å². The van der Waals surface area contributed by atoms with Gasteiger partial charge in [-0.3, -0.25) is 0 Å². The molecule has 0 radical (unpaired) electrons. The van der Waals surface area contributed by atoms with E-state index in [4.69, 9.17) is 38.9 Å². The van der Waals surface area contributed by atoms with Crippen LogP contribution in [-0.4, -0.2) is 11.0 Å². The SMILES string of the molecule is N/C(=N/O)c1cc(Br)ccc1OCc1c(Cl)cccc1Cl. The summed E-state index contributed by atoms with van der Waals surface area (Å²) in [4.78, 5) is 0. The number of nitrogens with zero attached hydrogens (tertiary/aromatic N) is 1. The highest BCUT2D eigenvalue weighted by Crippen LogP contribution is 2.28. The van der Waals surface area contributed by atoms with Gasteiger partial charge < -0.3 is 15.7 Å². The third kappa shape index (κ3) is 3.81. The molecule has 0 bridgehead atoms. The van der Waals surface area contributed by atoms with Crippen molar-refractivity contribution in [2.24, 2.45) is 10.9 Å². The first-order valence-electron chi connectivity index (χ1n) is 5.86. The first-order chi connectivity index (χ1) is 10.0. The Morgan fingerprint density at radius 1 is 1.24 bits per heavy atom. The van der Waals surface area contributed by atoms with Crippen molar-refractivity contribution in [2.45, 2.75) is 6.61 Å². The second-order valence-electron chi connectivity index (χ2n) is 4.11. The normalized spacial score (nSPS) is 11.5. The van der Waals surface area contributed by atoms with Crippen LogP contribution in [0, 0.1) is 0 Å². The summed E-state index contributed by atoms with van der Waals surface area (Å²) in [5, 5.41) is 12.9. The largest absolute Gasteiger partial charge is 0.488 e. The molecule has 0 aliphatic heterocycles. The maximum Gasteiger partial charge on any atom is 0.173 e. The molecule has 0 aliphatic carbocycles. The van der Waals surface area contributed by atoms with Crippen LogP contribution in [0.3, 0.4) is 0 Å². The molecule has 0 saturated carbocycles. The maximum absolute atomic E-state index is 8.83. The summed E-state index contributed by atoms with van der Waals surface area (Å²) >= 11 is 15.5. The second kappa shape index (κ2) is 7.02. The molecule has 2 aromatic carbocycles. The molecule has 0 atom stereocenters. The van der Waals surface area contributed by atoms with Crippen LogP contribution in [0.25, 0.3) is 0 Å². The molecule has 2 aromatic rings. The number of rotatable bonds is 4. The molecule has 21 heavy (non-hydrogen) atoms. The fraction of sp³-hybridized carbons (Fsp3) is 0.0714. The number of halogens is 3. The summed E-state index contributed by atoms with van der Waals surface area (Å²) in [6.07, 6.45) is 0. The molecule has 110 valence electrons. The topological polar surface area (TPSA) is 67.8 Å². The smallest absolute Gasteiger partial charge is 0.173 e. The zero-order valence-corrected chi connectivity index (χ0v) is 13.8. The van der Waals surface area contributed by atoms with Crippen molar-refractivity contribution in [1.29, 1.82) is 0 Å². The number of oxime groups is 1. The Morgan fingerprint density at radius 2 is 1.90 bits per heavy atom. The van der Waals surface area contributed by atoms with Crippen LogP contribution in [0.15, 0.2) is 46.0 Å². The van der Waals surface area contributed by atoms with Gasteiger partial charge in [-0.1, -0.05) is 50.4 Å². The molecule has 0 amide bonds. The molecule has 0 unspecified atom stereocenters. The van der Waals surface area contributed by atoms with E-state index in [-0.39, 0.29) is 12.4 Å². The zero-order chi connectivity index (χ0) is 15.4. The number of benzene rings is 2. The quantitative estimate of drug-likeness (QED) is 0.351. The molecule has 2 rings (SSSR count). The van der Waals surface area contributed by atoms with E-state index in [1.165, 1.54) is 0 Å². The van der Waals surface area contributed by atoms with Gasteiger partial charge in [0.2, 0.25) is 0 Å². The molecule has 0 saturated heterocycles. The Labute approximate surface area is 140 Å². The molecule has 0 spiro atoms. The molecular weight excluding hydrogens is 379 g/mol. The van der Waals surface area contributed by atoms with E-state index in [2.05, 4.69) is 21.1 Å². The molecule has 3 N–H and O–H groups in total. The minimum Gasteiger partial charge on any atom is -0.488 e. The van der Waals surface area contributed by atoms with Gasteiger partial charge in [0.1, 0.15) is 12.4 Å². The van der Waals surface area contributed by atoms with Gasteiger partial charge in [-0.05, 0) is 30.3 Å². The van der Waals surface area contributed by atoms with E-state index in [9.17, 15) is 0 Å². The summed E-state index contributed by atoms with van der Waals surface area (Å²) in [7, 11) is 0. The van der Waals surface area contributed by atoms with Crippen LogP contribution < -0.4 is 10.5 Å². The van der Waals surface area contributed by atoms with E-state index in [0.717, 1.165) is 4.47 Å². The average Bonchev–Trinajstić information content (AvgIpc) is 2.47. The Balaban J connectivity index is 2.28. The summed E-state index contributed by atoms with van der Waals surface area (Å²) in [6.45, 7) is 0.172. The van der Waals surface area contributed by atoms with Gasteiger partial charge in [-0.2, -0.15) is 0 Å². The number of ether oxygens (including phenoxy) is 1. The van der Waals surface area contributed by atoms with Crippen molar-refractivity contribution in [3.05, 3.63) is 62.0 Å².